The van der Waals surface area contributed by atoms with E-state index in [1.165, 1.54) is 4.90 Å². The van der Waals surface area contributed by atoms with Gasteiger partial charge < -0.3 is 40.3 Å². The molecule has 15 nitrogen and oxygen atoms in total. The van der Waals surface area contributed by atoms with Gasteiger partial charge in [-0.15, -0.1) is 21.5 Å². The minimum atomic E-state index is -0.857. The molecule has 5 N–H and O–H groups in total. The van der Waals surface area contributed by atoms with Crippen LogP contribution in [0.25, 0.3) is 21.7 Å². The van der Waals surface area contributed by atoms with Crippen LogP contribution in [0.5, 0.6) is 11.6 Å². The lowest BCUT2D eigenvalue weighted by Gasteiger charge is -2.44. The van der Waals surface area contributed by atoms with Crippen molar-refractivity contribution in [3.8, 4) is 33.3 Å². The Hall–Kier alpha value is -5.87. The van der Waals surface area contributed by atoms with Crippen LogP contribution in [0.1, 0.15) is 74.6 Å². The van der Waals surface area contributed by atoms with Crippen molar-refractivity contribution in [1.29, 1.82) is 0 Å². The van der Waals surface area contributed by atoms with Gasteiger partial charge in [-0.2, -0.15) is 0 Å². The van der Waals surface area contributed by atoms with Crippen molar-refractivity contribution in [3.63, 3.8) is 0 Å². The zero-order valence-electron chi connectivity index (χ0n) is 33.3. The first-order valence-electron chi connectivity index (χ1n) is 20.0. The fraction of sp³-hybridized carbons (Fsp3) is 0.419. The lowest BCUT2D eigenvalue weighted by molar-refractivity contribution is -0.141. The van der Waals surface area contributed by atoms with Crippen molar-refractivity contribution in [2.75, 3.05) is 25.0 Å². The molecule has 5 heterocycles. The number of aromatic nitrogens is 4. The number of phenols is 1. The highest BCUT2D eigenvalue weighted by molar-refractivity contribution is 7.13. The molecule has 16 heteroatoms. The summed E-state index contributed by atoms with van der Waals surface area (Å²) in [7, 11) is 0. The number of carbonyl (C=O) groups is 3. The molecule has 1 spiro atoms. The van der Waals surface area contributed by atoms with E-state index in [1.807, 2.05) is 69.6 Å². The molecule has 1 unspecified atom stereocenters. The fourth-order valence-corrected chi connectivity index (χ4v) is 9.35. The van der Waals surface area contributed by atoms with E-state index >= 15 is 0 Å². The Bertz CT molecular complexity index is 2340. The lowest BCUT2D eigenvalue weighted by Crippen LogP contribution is -2.54. The van der Waals surface area contributed by atoms with Gasteiger partial charge in [-0.25, -0.2) is 4.98 Å². The number of rotatable bonds is 13. The van der Waals surface area contributed by atoms with E-state index in [0.29, 0.717) is 29.9 Å². The van der Waals surface area contributed by atoms with E-state index in [0.717, 1.165) is 33.7 Å². The van der Waals surface area contributed by atoms with Crippen LogP contribution in [0.15, 0.2) is 70.7 Å². The summed E-state index contributed by atoms with van der Waals surface area (Å²) >= 11 is 1.58. The van der Waals surface area contributed by atoms with Crippen molar-refractivity contribution >= 4 is 34.9 Å². The zero-order chi connectivity index (χ0) is 41.4. The molecule has 1 saturated heterocycles. The zero-order valence-corrected chi connectivity index (χ0v) is 34.2. The van der Waals surface area contributed by atoms with Gasteiger partial charge in [0.1, 0.15) is 24.3 Å². The van der Waals surface area contributed by atoms with Crippen molar-refractivity contribution in [2.45, 2.75) is 83.0 Å². The number of nitrogens with zero attached hydrogens (tertiary/aromatic N) is 5. The molecule has 0 radical (unpaired) electrons. The van der Waals surface area contributed by atoms with E-state index in [1.54, 1.807) is 35.6 Å². The van der Waals surface area contributed by atoms with Crippen LogP contribution < -0.4 is 20.7 Å². The number of fused-ring (bicyclic) bond motifs is 1. The smallest absolute Gasteiger partial charge is 0.254 e. The van der Waals surface area contributed by atoms with Crippen LogP contribution in [0, 0.1) is 18.8 Å². The maximum atomic E-state index is 14.1. The number of anilines is 1. The molecule has 4 atom stereocenters. The average molecular weight is 821 g/mol. The Morgan fingerprint density at radius 2 is 1.85 bits per heavy atom. The molecule has 3 amide bonds. The number of carbonyl (C=O) groups excluding carboxylic acids is 3. The monoisotopic (exact) mass is 820 g/mol. The summed E-state index contributed by atoms with van der Waals surface area (Å²) in [6, 6.07) is 17.3. The van der Waals surface area contributed by atoms with E-state index in [2.05, 4.69) is 36.3 Å². The Morgan fingerprint density at radius 3 is 2.58 bits per heavy atom. The van der Waals surface area contributed by atoms with E-state index in [-0.39, 0.29) is 84.6 Å². The summed E-state index contributed by atoms with van der Waals surface area (Å²) in [4.78, 5) is 47.6. The molecule has 59 heavy (non-hydrogen) atoms. The number of amides is 3. The third-order valence-electron chi connectivity index (χ3n) is 11.6. The van der Waals surface area contributed by atoms with Gasteiger partial charge in [0.2, 0.25) is 17.7 Å². The van der Waals surface area contributed by atoms with Crippen LogP contribution in [-0.2, 0) is 20.8 Å². The molecule has 308 valence electrons. The number of aryl methyl sites for hydroxylation is 1. The molecule has 3 aromatic heterocycles. The molecule has 1 saturated carbocycles. The topological polar surface area (TPSA) is 205 Å². The number of β-amino-alcohol motifs (C(OH)–C–C–N with tert-alkyl or cyclic N) is 1. The second-order valence-corrected chi connectivity index (χ2v) is 17.1. The third-order valence-corrected chi connectivity index (χ3v) is 12.6. The first-order valence-corrected chi connectivity index (χ1v) is 20.9. The minimum absolute atomic E-state index is 0.0222. The molecular formula is C43H48N8O7S. The van der Waals surface area contributed by atoms with Crippen LogP contribution in [0.2, 0.25) is 0 Å². The molecule has 2 aromatic carbocycles. The van der Waals surface area contributed by atoms with Crippen LogP contribution >= 0.6 is 11.3 Å². The number of nitrogens with one attached hydrogen (secondary N) is 3. The number of ether oxygens (including phenoxy) is 1. The van der Waals surface area contributed by atoms with Gasteiger partial charge in [0, 0.05) is 41.6 Å². The number of aliphatic hydroxyl groups is 1. The van der Waals surface area contributed by atoms with Gasteiger partial charge in [0.15, 0.2) is 11.6 Å². The SMILES string of the molecule is Cc1ncsc1-c1ccc([C@H](C)NC(=O)[C@@H]2C[C@@H](O)CN2C(=O)C(c2cc(OCCNC(=O)[C@H]3C[C@@]4(Cc5cc(-c6ccccc6O)nnc5N4)C3)no2)C(C)C)cc1. The molecule has 8 rings (SSSR count). The standard InChI is InChI=1S/C43H48N8O7S/c1-23(2)37(42(56)51-21-30(52)16-33(51)41(55)46-24(3)26-9-11-27(12-10-26)38-25(4)45-22-59-38)35-17-36(50-58-35)57-14-13-44-40(54)29-19-43(20-29)18-28-15-32(48-49-39(28)47-43)31-7-5-6-8-34(31)53/h5-12,15,17,22-24,29-30,33,37,52-53H,13-14,16,18-21H2,1-4H3,(H,44,54)(H,46,55)(H,47,49)/t24-,29-,30+,33-,37?,43-/m0/s1. The van der Waals surface area contributed by atoms with E-state index in [9.17, 15) is 24.6 Å². The first kappa shape index (κ1) is 39.9. The third kappa shape index (κ3) is 8.23. The number of hydrogen-bond donors (Lipinski definition) is 5. The second-order valence-electron chi connectivity index (χ2n) is 16.3. The molecular weight excluding hydrogens is 773 g/mol. The molecule has 2 fully saturated rings. The van der Waals surface area contributed by atoms with Gasteiger partial charge in [0.25, 0.3) is 5.88 Å². The molecule has 1 aliphatic carbocycles. The van der Waals surface area contributed by atoms with Crippen LogP contribution in [0.4, 0.5) is 5.82 Å². The Labute approximate surface area is 345 Å². The highest BCUT2D eigenvalue weighted by atomic mass is 32.1. The maximum absolute atomic E-state index is 14.1. The van der Waals surface area contributed by atoms with Gasteiger partial charge in [-0.05, 0) is 73.5 Å². The van der Waals surface area contributed by atoms with Crippen molar-refractivity contribution in [2.24, 2.45) is 11.8 Å². The maximum Gasteiger partial charge on any atom is 0.254 e. The van der Waals surface area contributed by atoms with Crippen molar-refractivity contribution < 1.29 is 33.9 Å². The number of para-hydroxylation sites is 1. The van der Waals surface area contributed by atoms with Crippen LogP contribution in [-0.4, -0.2) is 90.6 Å². The molecule has 5 aromatic rings. The number of phenolic OH excluding ortho intramolecular Hbond substituents is 1. The van der Waals surface area contributed by atoms with Gasteiger partial charge in [-0.1, -0.05) is 50.2 Å². The predicted molar refractivity (Wildman–Crippen MR) is 219 cm³/mol. The highest BCUT2D eigenvalue weighted by Crippen LogP contribution is 2.48. The number of likely N-dealkylation sites (tertiary alicyclic amines) is 1. The van der Waals surface area contributed by atoms with Crippen LogP contribution in [0.3, 0.4) is 0 Å². The Morgan fingerprint density at radius 1 is 1.07 bits per heavy atom. The first-order chi connectivity index (χ1) is 28.4. The average Bonchev–Trinajstić information content (AvgIpc) is 4.02. The van der Waals surface area contributed by atoms with E-state index in [4.69, 9.17) is 9.26 Å². The summed E-state index contributed by atoms with van der Waals surface area (Å²) in [6.45, 7) is 8.03. The van der Waals surface area contributed by atoms with Gasteiger partial charge >= 0.3 is 0 Å². The number of aliphatic hydroxyl groups excluding tert-OH is 1. The fourth-order valence-electron chi connectivity index (χ4n) is 8.54. The van der Waals surface area contributed by atoms with Gasteiger partial charge in [-0.3, -0.25) is 14.4 Å². The summed E-state index contributed by atoms with van der Waals surface area (Å²) in [5.74, 6) is -0.590. The predicted octanol–water partition coefficient (Wildman–Crippen LogP) is 5.16. The van der Waals surface area contributed by atoms with Crippen molar-refractivity contribution in [3.05, 3.63) is 88.8 Å². The summed E-state index contributed by atoms with van der Waals surface area (Å²) < 4.78 is 11.4. The number of thiazole rings is 1. The number of benzene rings is 2. The van der Waals surface area contributed by atoms with Gasteiger partial charge in [0.05, 0.1) is 40.5 Å². The summed E-state index contributed by atoms with van der Waals surface area (Å²) in [5, 5.41) is 43.0. The Kier molecular flexibility index (Phi) is 11.1. The highest BCUT2D eigenvalue weighted by Gasteiger charge is 2.51. The number of aromatic hydroxyl groups is 1. The quantitative estimate of drug-likeness (QED) is 0.0978. The molecule has 0 bridgehead atoms. The second kappa shape index (κ2) is 16.4. The summed E-state index contributed by atoms with van der Waals surface area (Å²) in [5.41, 5.74) is 6.74. The lowest BCUT2D eigenvalue weighted by atomic mass is 9.66. The normalized spacial score (nSPS) is 21.7. The number of hydrogen-bond acceptors (Lipinski definition) is 13. The minimum Gasteiger partial charge on any atom is -0.507 e. The summed E-state index contributed by atoms with van der Waals surface area (Å²) in [6.07, 6.45) is 1.29. The van der Waals surface area contributed by atoms with E-state index < -0.39 is 18.1 Å². The molecule has 3 aliphatic rings. The van der Waals surface area contributed by atoms with Crippen molar-refractivity contribution in [1.82, 2.24) is 35.9 Å². The molecule has 2 aliphatic heterocycles. The largest absolute Gasteiger partial charge is 0.507 e. The Balaban J connectivity index is 0.810.